The van der Waals surface area contributed by atoms with Crippen LogP contribution in [0.4, 0.5) is 9.59 Å². The van der Waals surface area contributed by atoms with Crippen molar-refractivity contribution in [1.29, 1.82) is 0 Å². The lowest BCUT2D eigenvalue weighted by Gasteiger charge is -2.30. The molecule has 4 N–H and O–H groups in total. The number of aromatic nitrogens is 3. The van der Waals surface area contributed by atoms with E-state index in [1.165, 1.54) is 14.2 Å². The van der Waals surface area contributed by atoms with Gasteiger partial charge in [0.05, 0.1) is 56.1 Å². The summed E-state index contributed by atoms with van der Waals surface area (Å²) in [5.74, 6) is 0.0361. The van der Waals surface area contributed by atoms with E-state index in [0.29, 0.717) is 25.5 Å². The number of hydrogen-bond acceptors (Lipinski definition) is 10. The zero-order valence-electron chi connectivity index (χ0n) is 35.0. The summed E-state index contributed by atoms with van der Waals surface area (Å²) in [7, 11) is 6.14. The number of aromatic amines is 1. The van der Waals surface area contributed by atoms with Crippen LogP contribution in [-0.2, 0) is 19.1 Å². The van der Waals surface area contributed by atoms with Crippen LogP contribution >= 0.6 is 0 Å². The molecule has 5 rings (SSSR count). The molecular formula is C43H57N9O6. The zero-order valence-corrected chi connectivity index (χ0v) is 35.0. The summed E-state index contributed by atoms with van der Waals surface area (Å²) in [4.78, 5) is 71.8. The number of alkyl carbamates (subject to hydrolysis) is 2. The minimum atomic E-state index is -0.739. The Kier molecular flexibility index (Phi) is 14.6. The maximum atomic E-state index is 13.5. The van der Waals surface area contributed by atoms with Crippen LogP contribution in [0.3, 0.4) is 0 Å². The molecule has 2 aromatic heterocycles. The van der Waals surface area contributed by atoms with Crippen LogP contribution in [-0.4, -0.2) is 121 Å². The lowest BCUT2D eigenvalue weighted by Crippen LogP contribution is -2.53. The van der Waals surface area contributed by atoms with Crippen molar-refractivity contribution < 1.29 is 28.7 Å². The fourth-order valence-corrected chi connectivity index (χ4v) is 7.12. The second kappa shape index (κ2) is 19.5. The summed E-state index contributed by atoms with van der Waals surface area (Å²) in [6.45, 7) is 11.1. The van der Waals surface area contributed by atoms with Crippen LogP contribution in [0.2, 0.25) is 0 Å². The summed E-state index contributed by atoms with van der Waals surface area (Å²) in [6.07, 6.45) is 4.07. The van der Waals surface area contributed by atoms with Crippen molar-refractivity contribution in [2.24, 2.45) is 16.8 Å². The molecule has 4 atom stereocenters. The molecule has 0 aliphatic carbocycles. The number of nitrogens with one attached hydrogen (secondary N) is 4. The van der Waals surface area contributed by atoms with E-state index in [9.17, 15) is 19.2 Å². The number of rotatable bonds is 15. The number of carbonyl (C=O) groups excluding carboxylic acids is 4. The molecule has 0 radical (unpaired) electrons. The van der Waals surface area contributed by atoms with Gasteiger partial charge in [-0.2, -0.15) is 0 Å². The van der Waals surface area contributed by atoms with E-state index in [-0.39, 0.29) is 35.7 Å². The van der Waals surface area contributed by atoms with E-state index >= 15 is 0 Å². The molecule has 0 spiro atoms. The average Bonchev–Trinajstić information content (AvgIpc) is 3.92. The highest BCUT2D eigenvalue weighted by atomic mass is 16.5. The average molecular weight is 796 g/mol. The molecule has 1 aliphatic heterocycles. The Balaban J connectivity index is 1.27. The van der Waals surface area contributed by atoms with Crippen molar-refractivity contribution >= 4 is 40.5 Å². The Morgan fingerprint density at radius 2 is 1.53 bits per heavy atom. The van der Waals surface area contributed by atoms with Crippen LogP contribution in [0.1, 0.15) is 64.9 Å². The predicted octanol–water partition coefficient (Wildman–Crippen LogP) is 5.57. The van der Waals surface area contributed by atoms with Gasteiger partial charge in [-0.05, 0) is 61.7 Å². The van der Waals surface area contributed by atoms with Crippen LogP contribution in [0.5, 0.6) is 0 Å². The molecule has 1 saturated heterocycles. The quantitative estimate of drug-likeness (QED) is 0.112. The first-order valence-electron chi connectivity index (χ1n) is 19.8. The van der Waals surface area contributed by atoms with Gasteiger partial charge in [0.1, 0.15) is 17.9 Å². The first kappa shape index (κ1) is 43.3. The number of likely N-dealkylation sites (N-methyl/N-ethyl adjacent to an activating group) is 2. The van der Waals surface area contributed by atoms with Gasteiger partial charge in [0.25, 0.3) is 0 Å². The van der Waals surface area contributed by atoms with Crippen molar-refractivity contribution in [3.05, 3.63) is 72.3 Å². The third kappa shape index (κ3) is 10.2. The van der Waals surface area contributed by atoms with Crippen molar-refractivity contribution in [1.82, 2.24) is 40.7 Å². The molecule has 310 valence electrons. The molecule has 2 aromatic carbocycles. The van der Waals surface area contributed by atoms with Crippen LogP contribution in [0, 0.1) is 11.8 Å². The standard InChI is InChI=1S/C43H57N9O6/c1-25(2)37(49-42(55)57-8)40(53)51(7)27(5)39-47-24-36(48-39)31-17-16-30-20-34(45-21-32(30)19-31)28-12-14-29(15-13-28)35(23-44-6)46-22-33-11-10-18-52(33)41(54)38(26(3)4)50-43(56)58-9/h12-17,19-21,24-27,33,37-38,44H,10-11,18,22-23H2,1-9H3,(H,47,48)(H,49,55)(H,50,56). The molecule has 0 saturated carbocycles. The highest BCUT2D eigenvalue weighted by molar-refractivity contribution is 6.02. The van der Waals surface area contributed by atoms with Crippen molar-refractivity contribution in [2.45, 2.75) is 71.6 Å². The third-order valence-corrected chi connectivity index (χ3v) is 10.7. The number of aliphatic imine (C=N–C) groups is 1. The van der Waals surface area contributed by atoms with Crippen LogP contribution in [0.25, 0.3) is 33.3 Å². The van der Waals surface area contributed by atoms with Crippen LogP contribution in [0.15, 0.2) is 65.9 Å². The lowest BCUT2D eigenvalue weighted by molar-refractivity contribution is -0.135. The number of fused-ring (bicyclic) bond motifs is 1. The SMILES string of the molecule is CNCC(=NCC1CCCN1C(=O)C(NC(=O)OC)C(C)C)c1ccc(-c2cc3ccc(-c4cnc(C(C)N(C)C(=O)C(NC(=O)OC)C(C)C)[nH]4)cc3cn2)cc1. The predicted molar refractivity (Wildman–Crippen MR) is 224 cm³/mol. The number of imidazole rings is 1. The summed E-state index contributed by atoms with van der Waals surface area (Å²) in [5, 5.41) is 10.6. The first-order chi connectivity index (χ1) is 27.8. The van der Waals surface area contributed by atoms with Crippen molar-refractivity contribution in [3.8, 4) is 22.5 Å². The second-order valence-electron chi connectivity index (χ2n) is 15.4. The highest BCUT2D eigenvalue weighted by Crippen LogP contribution is 2.29. The number of benzene rings is 2. The highest BCUT2D eigenvalue weighted by Gasteiger charge is 2.35. The molecule has 4 amide bonds. The fraction of sp³-hybridized carbons (Fsp3) is 0.465. The van der Waals surface area contributed by atoms with Gasteiger partial charge < -0.3 is 40.2 Å². The number of amides is 4. The van der Waals surface area contributed by atoms with E-state index in [1.54, 1.807) is 18.1 Å². The molecule has 4 unspecified atom stereocenters. The Labute approximate surface area is 340 Å². The summed E-state index contributed by atoms with van der Waals surface area (Å²) < 4.78 is 9.48. The maximum Gasteiger partial charge on any atom is 0.407 e. The van der Waals surface area contributed by atoms with Crippen LogP contribution < -0.4 is 16.0 Å². The van der Waals surface area contributed by atoms with Gasteiger partial charge in [0.2, 0.25) is 11.8 Å². The maximum absolute atomic E-state index is 13.5. The number of pyridine rings is 1. The smallest absolute Gasteiger partial charge is 0.407 e. The molecule has 1 aliphatic rings. The minimum absolute atomic E-state index is 0.0567. The van der Waals surface area contributed by atoms with Gasteiger partial charge in [-0.3, -0.25) is 19.6 Å². The Morgan fingerprint density at radius 3 is 2.17 bits per heavy atom. The third-order valence-electron chi connectivity index (χ3n) is 10.7. The number of H-pyrrole nitrogens is 1. The van der Waals surface area contributed by atoms with Gasteiger partial charge in [0, 0.05) is 42.8 Å². The molecule has 58 heavy (non-hydrogen) atoms. The summed E-state index contributed by atoms with van der Waals surface area (Å²) >= 11 is 0. The zero-order chi connectivity index (χ0) is 42.1. The van der Waals surface area contributed by atoms with Crippen molar-refractivity contribution in [2.75, 3.05) is 47.9 Å². The molecule has 4 aromatic rings. The normalized spacial score (nSPS) is 15.9. The lowest BCUT2D eigenvalue weighted by atomic mass is 10.0. The van der Waals surface area contributed by atoms with E-state index in [2.05, 4.69) is 44.1 Å². The Morgan fingerprint density at radius 1 is 0.879 bits per heavy atom. The Bertz CT molecular complexity index is 2100. The monoisotopic (exact) mass is 795 g/mol. The molecular weight excluding hydrogens is 739 g/mol. The molecule has 0 bridgehead atoms. The number of nitrogens with zero attached hydrogens (tertiary/aromatic N) is 5. The second-order valence-corrected chi connectivity index (χ2v) is 15.4. The van der Waals surface area contributed by atoms with Gasteiger partial charge in [-0.1, -0.05) is 64.1 Å². The van der Waals surface area contributed by atoms with E-state index in [4.69, 9.17) is 19.5 Å². The minimum Gasteiger partial charge on any atom is -0.453 e. The van der Waals surface area contributed by atoms with E-state index < -0.39 is 24.3 Å². The molecule has 15 nitrogen and oxygen atoms in total. The molecule has 1 fully saturated rings. The van der Waals surface area contributed by atoms with Gasteiger partial charge in [0.15, 0.2) is 0 Å². The van der Waals surface area contributed by atoms with Gasteiger partial charge >= 0.3 is 12.2 Å². The van der Waals surface area contributed by atoms with E-state index in [1.807, 2.05) is 83.1 Å². The van der Waals surface area contributed by atoms with Crippen molar-refractivity contribution in [3.63, 3.8) is 0 Å². The molecule has 3 heterocycles. The number of likely N-dealkylation sites (tertiary alicyclic amines) is 1. The topological polar surface area (TPSA) is 183 Å². The van der Waals surface area contributed by atoms with Gasteiger partial charge in [-0.15, -0.1) is 0 Å². The summed E-state index contributed by atoms with van der Waals surface area (Å²) in [6, 6.07) is 14.5. The summed E-state index contributed by atoms with van der Waals surface area (Å²) in [5.41, 5.74) is 5.41. The molecule has 15 heteroatoms. The number of methoxy groups -OCH3 is 2. The largest absolute Gasteiger partial charge is 0.453 e. The first-order valence-corrected chi connectivity index (χ1v) is 19.8. The number of ether oxygens (including phenoxy) is 2. The van der Waals surface area contributed by atoms with E-state index in [0.717, 1.165) is 57.4 Å². The number of carbonyl (C=O) groups is 4. The van der Waals surface area contributed by atoms with Gasteiger partial charge in [-0.25, -0.2) is 14.6 Å². The number of hydrogen-bond donors (Lipinski definition) is 4. The fourth-order valence-electron chi connectivity index (χ4n) is 7.12. The Hall–Kier alpha value is -5.83.